The number of hydrogen-bond acceptors (Lipinski definition) is 6. The molecule has 0 N–H and O–H groups in total. The number of aromatic nitrogens is 2. The Bertz CT molecular complexity index is 412. The van der Waals surface area contributed by atoms with Gasteiger partial charge in [-0.25, -0.2) is 9.97 Å². The second-order valence-electron chi connectivity index (χ2n) is 3.36. The molecule has 4 nitrogen and oxygen atoms in total. The third-order valence-corrected chi connectivity index (χ3v) is 4.17. The van der Waals surface area contributed by atoms with Crippen molar-refractivity contribution < 1.29 is 9.53 Å². The van der Waals surface area contributed by atoms with Gasteiger partial charge < -0.3 is 4.74 Å². The minimum atomic E-state index is -0.162. The number of carbonyl (C=O) groups excluding carboxylic acids is 1. The summed E-state index contributed by atoms with van der Waals surface area (Å²) in [6.07, 6.45) is 4.44. The molecule has 1 unspecified atom stereocenters. The number of esters is 1. The van der Waals surface area contributed by atoms with Crippen LogP contribution in [0.1, 0.15) is 11.3 Å². The highest BCUT2D eigenvalue weighted by Gasteiger charge is 2.27. The standard InChI is InChI=1S/C10H12N2O2S2/c1-14-9(13)8-3-6-4-11-10(15-2)12-7(6)5-16-8/h4,8H,3,5H2,1-2H3. The van der Waals surface area contributed by atoms with Crippen LogP contribution in [-0.2, 0) is 21.7 Å². The number of rotatable bonds is 2. The summed E-state index contributed by atoms with van der Waals surface area (Å²) in [6, 6.07) is 0. The van der Waals surface area contributed by atoms with E-state index in [1.54, 1.807) is 11.8 Å². The Balaban J connectivity index is 2.18. The Hall–Kier alpha value is -0.750. The van der Waals surface area contributed by atoms with Gasteiger partial charge in [-0.2, -0.15) is 0 Å². The van der Waals surface area contributed by atoms with Crippen LogP contribution in [0.2, 0.25) is 0 Å². The van der Waals surface area contributed by atoms with Crippen LogP contribution in [0.5, 0.6) is 0 Å². The van der Waals surface area contributed by atoms with Crippen molar-refractivity contribution in [2.24, 2.45) is 0 Å². The fraction of sp³-hybridized carbons (Fsp3) is 0.500. The molecule has 0 bridgehead atoms. The molecule has 0 spiro atoms. The average Bonchev–Trinajstić information content (AvgIpc) is 2.36. The summed E-state index contributed by atoms with van der Waals surface area (Å²) in [5.41, 5.74) is 2.11. The summed E-state index contributed by atoms with van der Waals surface area (Å²) in [5, 5.41) is 0.678. The van der Waals surface area contributed by atoms with Crippen LogP contribution >= 0.6 is 23.5 Å². The van der Waals surface area contributed by atoms with Gasteiger partial charge in [-0.05, 0) is 18.2 Å². The van der Waals surface area contributed by atoms with E-state index in [1.807, 2.05) is 12.5 Å². The van der Waals surface area contributed by atoms with Gasteiger partial charge >= 0.3 is 5.97 Å². The first-order valence-electron chi connectivity index (χ1n) is 4.82. The molecule has 0 amide bonds. The van der Waals surface area contributed by atoms with Crippen molar-refractivity contribution >= 4 is 29.5 Å². The van der Waals surface area contributed by atoms with Crippen molar-refractivity contribution in [3.05, 3.63) is 17.5 Å². The number of hydrogen-bond donors (Lipinski definition) is 0. The van der Waals surface area contributed by atoms with Crippen LogP contribution in [0, 0.1) is 0 Å². The van der Waals surface area contributed by atoms with Crippen molar-refractivity contribution in [2.75, 3.05) is 13.4 Å². The van der Waals surface area contributed by atoms with Crippen molar-refractivity contribution in [3.63, 3.8) is 0 Å². The highest BCUT2D eigenvalue weighted by molar-refractivity contribution is 8.00. The van der Waals surface area contributed by atoms with E-state index in [9.17, 15) is 4.79 Å². The molecule has 0 radical (unpaired) electrons. The van der Waals surface area contributed by atoms with E-state index in [4.69, 9.17) is 4.74 Å². The predicted octanol–water partition coefficient (Wildman–Crippen LogP) is 1.53. The average molecular weight is 256 g/mol. The Morgan fingerprint density at radius 1 is 1.69 bits per heavy atom. The van der Waals surface area contributed by atoms with Crippen LogP contribution in [0.25, 0.3) is 0 Å². The van der Waals surface area contributed by atoms with Crippen LogP contribution in [0.4, 0.5) is 0 Å². The Morgan fingerprint density at radius 2 is 2.50 bits per heavy atom. The van der Waals surface area contributed by atoms with Gasteiger partial charge in [-0.15, -0.1) is 11.8 Å². The first-order valence-corrected chi connectivity index (χ1v) is 7.10. The summed E-state index contributed by atoms with van der Waals surface area (Å²) < 4.78 is 4.74. The Morgan fingerprint density at radius 3 is 3.19 bits per heavy atom. The molecule has 1 aliphatic heterocycles. The minimum absolute atomic E-state index is 0.110. The molecule has 2 rings (SSSR count). The van der Waals surface area contributed by atoms with E-state index >= 15 is 0 Å². The van der Waals surface area contributed by atoms with Gasteiger partial charge in [0.15, 0.2) is 5.16 Å². The molecule has 16 heavy (non-hydrogen) atoms. The quantitative estimate of drug-likeness (QED) is 0.454. The zero-order valence-corrected chi connectivity index (χ0v) is 10.7. The number of fused-ring (bicyclic) bond motifs is 1. The molecular weight excluding hydrogens is 244 g/mol. The SMILES string of the molecule is COC(=O)C1Cc2cnc(SC)nc2CS1. The molecule has 0 saturated heterocycles. The molecule has 86 valence electrons. The van der Waals surface area contributed by atoms with Crippen LogP contribution in [0.15, 0.2) is 11.4 Å². The van der Waals surface area contributed by atoms with E-state index in [2.05, 4.69) is 9.97 Å². The van der Waals surface area contributed by atoms with E-state index in [1.165, 1.54) is 18.9 Å². The maximum absolute atomic E-state index is 11.4. The van der Waals surface area contributed by atoms with Crippen molar-refractivity contribution in [3.8, 4) is 0 Å². The lowest BCUT2D eigenvalue weighted by Gasteiger charge is -2.21. The Labute approximate surface area is 103 Å². The van der Waals surface area contributed by atoms with E-state index in [0.717, 1.165) is 22.2 Å². The van der Waals surface area contributed by atoms with Crippen molar-refractivity contribution in [1.29, 1.82) is 0 Å². The number of methoxy groups -OCH3 is 1. The molecule has 0 fully saturated rings. The largest absolute Gasteiger partial charge is 0.468 e. The van der Waals surface area contributed by atoms with Crippen molar-refractivity contribution in [2.45, 2.75) is 22.6 Å². The van der Waals surface area contributed by atoms with Gasteiger partial charge in [0.05, 0.1) is 12.8 Å². The number of nitrogens with zero attached hydrogens (tertiary/aromatic N) is 2. The topological polar surface area (TPSA) is 52.1 Å². The van der Waals surface area contributed by atoms with Gasteiger partial charge in [-0.1, -0.05) is 11.8 Å². The van der Waals surface area contributed by atoms with Gasteiger partial charge in [0.1, 0.15) is 5.25 Å². The Kier molecular flexibility index (Phi) is 3.70. The van der Waals surface area contributed by atoms with Crippen molar-refractivity contribution in [1.82, 2.24) is 9.97 Å². The summed E-state index contributed by atoms with van der Waals surface area (Å²) in [7, 11) is 1.42. The van der Waals surface area contributed by atoms with Crippen LogP contribution < -0.4 is 0 Å². The number of ether oxygens (including phenoxy) is 1. The molecule has 1 aromatic rings. The van der Waals surface area contributed by atoms with E-state index in [-0.39, 0.29) is 11.2 Å². The molecule has 2 heterocycles. The maximum atomic E-state index is 11.4. The zero-order chi connectivity index (χ0) is 11.5. The molecule has 1 aliphatic rings. The summed E-state index contributed by atoms with van der Waals surface area (Å²) >= 11 is 3.11. The smallest absolute Gasteiger partial charge is 0.319 e. The molecule has 0 aliphatic carbocycles. The monoisotopic (exact) mass is 256 g/mol. The fourth-order valence-electron chi connectivity index (χ4n) is 1.54. The van der Waals surface area contributed by atoms with Gasteiger partial charge in [-0.3, -0.25) is 4.79 Å². The van der Waals surface area contributed by atoms with Gasteiger partial charge in [0, 0.05) is 11.9 Å². The third kappa shape index (κ3) is 2.32. The minimum Gasteiger partial charge on any atom is -0.468 e. The lowest BCUT2D eigenvalue weighted by Crippen LogP contribution is -2.25. The van der Waals surface area contributed by atoms with Crippen LogP contribution in [-0.4, -0.2) is 34.6 Å². The first kappa shape index (κ1) is 11.7. The van der Waals surface area contributed by atoms with Gasteiger partial charge in [0.25, 0.3) is 0 Å². The fourth-order valence-corrected chi connectivity index (χ4v) is 3.04. The molecule has 6 heteroatoms. The number of thioether (sulfide) groups is 2. The normalized spacial score (nSPS) is 19.0. The summed E-state index contributed by atoms with van der Waals surface area (Å²) in [4.78, 5) is 20.1. The molecule has 0 saturated carbocycles. The highest BCUT2D eigenvalue weighted by atomic mass is 32.2. The molecule has 1 aromatic heterocycles. The maximum Gasteiger partial charge on any atom is 0.319 e. The summed E-state index contributed by atoms with van der Waals surface area (Å²) in [6.45, 7) is 0. The van der Waals surface area contributed by atoms with E-state index in [0.29, 0.717) is 6.42 Å². The summed E-state index contributed by atoms with van der Waals surface area (Å²) in [5.74, 6) is 0.593. The molecule has 0 aromatic carbocycles. The number of carbonyl (C=O) groups is 1. The predicted molar refractivity (Wildman–Crippen MR) is 64.6 cm³/mol. The lowest BCUT2D eigenvalue weighted by atomic mass is 10.1. The second kappa shape index (κ2) is 5.05. The van der Waals surface area contributed by atoms with Gasteiger partial charge in [0.2, 0.25) is 0 Å². The lowest BCUT2D eigenvalue weighted by molar-refractivity contribution is -0.139. The molecule has 1 atom stereocenters. The first-order chi connectivity index (χ1) is 7.74. The van der Waals surface area contributed by atoms with E-state index < -0.39 is 0 Å². The highest BCUT2D eigenvalue weighted by Crippen LogP contribution is 2.30. The van der Waals surface area contributed by atoms with Crippen LogP contribution in [0.3, 0.4) is 0 Å². The zero-order valence-electron chi connectivity index (χ0n) is 9.10. The third-order valence-electron chi connectivity index (χ3n) is 2.41. The second-order valence-corrected chi connectivity index (χ2v) is 5.32. The molecular formula is C10H12N2O2S2.